The van der Waals surface area contributed by atoms with Crippen LogP contribution in [0, 0.1) is 11.3 Å². The van der Waals surface area contributed by atoms with E-state index < -0.39 is 42.3 Å². The number of aromatic carboxylic acids is 1. The molecule has 3 aromatic rings. The van der Waals surface area contributed by atoms with E-state index in [1.165, 1.54) is 64.0 Å². The predicted octanol–water partition coefficient (Wildman–Crippen LogP) is 5.63. The Labute approximate surface area is 298 Å². The molecule has 0 saturated heterocycles. The molecule has 0 fully saturated rings. The van der Waals surface area contributed by atoms with Gasteiger partial charge in [-0.05, 0) is 70.0 Å². The van der Waals surface area contributed by atoms with Gasteiger partial charge in [-0.2, -0.15) is 19.1 Å². The van der Waals surface area contributed by atoms with E-state index in [-0.39, 0.29) is 72.4 Å². The summed E-state index contributed by atoms with van der Waals surface area (Å²) in [7, 11) is 1.47. The Balaban J connectivity index is 1.73. The number of halogens is 3. The van der Waals surface area contributed by atoms with Crippen LogP contribution in [0.4, 0.5) is 13.6 Å². The fourth-order valence-corrected chi connectivity index (χ4v) is 5.91. The highest BCUT2D eigenvalue weighted by Gasteiger charge is 2.36. The Morgan fingerprint density at radius 1 is 1.18 bits per heavy atom. The molecule has 16 heteroatoms. The number of amides is 3. The minimum Gasteiger partial charge on any atom is -0.477 e. The lowest BCUT2D eigenvalue weighted by Crippen LogP contribution is -2.45. The van der Waals surface area contributed by atoms with Crippen LogP contribution in [0.2, 0.25) is 5.02 Å². The van der Waals surface area contributed by atoms with Gasteiger partial charge in [0.25, 0.3) is 5.91 Å². The highest BCUT2D eigenvalue weighted by molar-refractivity contribution is 6.31. The van der Waals surface area contributed by atoms with E-state index in [0.29, 0.717) is 16.8 Å². The molecule has 2 heterocycles. The fraction of sp³-hybridized carbons (Fsp3) is 0.429. The lowest BCUT2D eigenvalue weighted by molar-refractivity contribution is -0.121. The maximum absolute atomic E-state index is 13.8. The molecular weight excluding hydrogens is 690 g/mol. The lowest BCUT2D eigenvalue weighted by Gasteiger charge is -2.34. The Kier molecular flexibility index (Phi) is 12.2. The molecule has 1 aromatic heterocycles. The molecule has 51 heavy (non-hydrogen) atoms. The number of nitrogens with one attached hydrogen (secondary N) is 1. The largest absolute Gasteiger partial charge is 0.477 e. The number of hydrogen-bond donors (Lipinski definition) is 2. The van der Waals surface area contributed by atoms with Gasteiger partial charge in [0.1, 0.15) is 17.4 Å². The number of rotatable bonds is 12. The van der Waals surface area contributed by atoms with Gasteiger partial charge >= 0.3 is 18.7 Å². The molecule has 1 aliphatic heterocycles. The van der Waals surface area contributed by atoms with Crippen molar-refractivity contribution in [3.05, 3.63) is 81.1 Å². The molecule has 0 aliphatic carbocycles. The van der Waals surface area contributed by atoms with Crippen molar-refractivity contribution in [3.63, 3.8) is 0 Å². The van der Waals surface area contributed by atoms with Crippen molar-refractivity contribution in [1.82, 2.24) is 24.9 Å². The topological polar surface area (TPSA) is 167 Å². The predicted molar refractivity (Wildman–Crippen MR) is 180 cm³/mol. The number of alkyl halides is 2. The van der Waals surface area contributed by atoms with Crippen LogP contribution >= 0.6 is 11.6 Å². The van der Waals surface area contributed by atoms with E-state index in [0.717, 1.165) is 0 Å². The van der Waals surface area contributed by atoms with Gasteiger partial charge in [-0.1, -0.05) is 23.7 Å². The van der Waals surface area contributed by atoms with Crippen molar-refractivity contribution in [2.75, 3.05) is 7.05 Å². The fourth-order valence-electron chi connectivity index (χ4n) is 5.75. The minimum atomic E-state index is -3.02. The van der Waals surface area contributed by atoms with Gasteiger partial charge in [-0.25, -0.2) is 9.59 Å². The monoisotopic (exact) mass is 728 g/mol. The van der Waals surface area contributed by atoms with Crippen LogP contribution in [0.1, 0.15) is 83.8 Å². The summed E-state index contributed by atoms with van der Waals surface area (Å²) in [5, 5.41) is 27.3. The summed E-state index contributed by atoms with van der Waals surface area (Å²) in [5.41, 5.74) is 0.527. The molecule has 0 saturated carbocycles. The Morgan fingerprint density at radius 2 is 1.86 bits per heavy atom. The zero-order chi connectivity index (χ0) is 37.6. The number of carboxylic acid groups (broad SMARTS) is 1. The van der Waals surface area contributed by atoms with Crippen LogP contribution in [-0.4, -0.2) is 79.9 Å². The van der Waals surface area contributed by atoms with Gasteiger partial charge in [-0.15, -0.1) is 0 Å². The minimum absolute atomic E-state index is 0.0316. The molecule has 13 nitrogen and oxygen atoms in total. The van der Waals surface area contributed by atoms with Crippen LogP contribution in [0.5, 0.6) is 5.75 Å². The third-order valence-electron chi connectivity index (χ3n) is 8.22. The molecule has 2 atom stereocenters. The molecule has 2 aromatic carbocycles. The van der Waals surface area contributed by atoms with Crippen molar-refractivity contribution in [3.8, 4) is 11.8 Å². The maximum Gasteiger partial charge on any atom is 0.410 e. The molecule has 0 bridgehead atoms. The maximum atomic E-state index is 13.8. The van der Waals surface area contributed by atoms with E-state index in [9.17, 15) is 38.3 Å². The van der Waals surface area contributed by atoms with E-state index in [1.54, 1.807) is 27.7 Å². The summed E-state index contributed by atoms with van der Waals surface area (Å²) < 4.78 is 36.9. The Morgan fingerprint density at radius 3 is 2.45 bits per heavy atom. The zero-order valence-corrected chi connectivity index (χ0v) is 29.5. The van der Waals surface area contributed by atoms with Gasteiger partial charge in [0.15, 0.2) is 5.69 Å². The molecule has 3 amide bonds. The third-order valence-corrected chi connectivity index (χ3v) is 8.55. The van der Waals surface area contributed by atoms with Crippen LogP contribution in [0.25, 0.3) is 0 Å². The van der Waals surface area contributed by atoms with Crippen molar-refractivity contribution in [2.45, 2.75) is 90.9 Å². The van der Waals surface area contributed by atoms with Gasteiger partial charge in [0.2, 0.25) is 5.91 Å². The average Bonchev–Trinajstić information content (AvgIpc) is 3.41. The first kappa shape index (κ1) is 38.6. The zero-order valence-electron chi connectivity index (χ0n) is 28.8. The van der Waals surface area contributed by atoms with E-state index in [1.807, 2.05) is 6.07 Å². The second-order valence-electron chi connectivity index (χ2n) is 13.1. The summed E-state index contributed by atoms with van der Waals surface area (Å²) in [6, 6.07) is 10.7. The highest BCUT2D eigenvalue weighted by atomic mass is 35.5. The van der Waals surface area contributed by atoms with Crippen molar-refractivity contribution >= 4 is 35.5 Å². The van der Waals surface area contributed by atoms with E-state index >= 15 is 0 Å². The molecule has 2 N–H and O–H groups in total. The van der Waals surface area contributed by atoms with Gasteiger partial charge in [-0.3, -0.25) is 19.2 Å². The van der Waals surface area contributed by atoms with Crippen LogP contribution in [0.15, 0.2) is 42.5 Å². The number of aromatic nitrogens is 2. The number of nitriles is 1. The van der Waals surface area contributed by atoms with Crippen LogP contribution in [0.3, 0.4) is 0 Å². The number of hydrogen-bond acceptors (Lipinski definition) is 8. The van der Waals surface area contributed by atoms with Crippen LogP contribution < -0.4 is 10.1 Å². The molecule has 272 valence electrons. The molecule has 0 unspecified atom stereocenters. The second-order valence-corrected chi connectivity index (χ2v) is 13.5. The number of carbonyl (C=O) groups is 4. The SMILES string of the molecule is CNC(=O)CC[C@@H](Cn1nc2c(c1C(=O)O)CN(C(=O)c1ccc(Cl)c(C#N)c1)[C@H](C)C2)N(Cc1ccc(OC(F)F)cc1)C(=O)OC(C)(C)C. The molecule has 0 spiro atoms. The Bertz CT molecular complexity index is 1820. The number of carbonyl (C=O) groups excluding carboxylic acids is 3. The number of fused-ring (bicyclic) bond motifs is 1. The highest BCUT2D eigenvalue weighted by Crippen LogP contribution is 2.30. The third kappa shape index (κ3) is 9.72. The first-order chi connectivity index (χ1) is 24.0. The van der Waals surface area contributed by atoms with E-state index in [4.69, 9.17) is 16.3 Å². The van der Waals surface area contributed by atoms with Gasteiger partial charge < -0.3 is 24.8 Å². The van der Waals surface area contributed by atoms with Crippen molar-refractivity contribution < 1.29 is 42.5 Å². The molecule has 0 radical (unpaired) electrons. The first-order valence-electron chi connectivity index (χ1n) is 16.1. The first-order valence-corrected chi connectivity index (χ1v) is 16.5. The number of ether oxygens (including phenoxy) is 2. The molecular formula is C35H39ClF2N6O7. The molecule has 4 rings (SSSR count). The number of nitrogens with zero attached hydrogens (tertiary/aromatic N) is 5. The van der Waals surface area contributed by atoms with Crippen molar-refractivity contribution in [1.29, 1.82) is 5.26 Å². The Hall–Kier alpha value is -5.23. The lowest BCUT2D eigenvalue weighted by atomic mass is 9.98. The number of carboxylic acids is 1. The summed E-state index contributed by atoms with van der Waals surface area (Å²) in [5.74, 6) is -2.13. The quantitative estimate of drug-likeness (QED) is 0.240. The second kappa shape index (κ2) is 16.2. The average molecular weight is 729 g/mol. The normalized spacial score (nSPS) is 14.7. The number of benzene rings is 2. The van der Waals surface area contributed by atoms with Crippen molar-refractivity contribution in [2.24, 2.45) is 0 Å². The standard InChI is InChI=1S/C35H39ClF2N6O7/c1-20-14-28-26(19-42(20)31(46)22-8-12-27(36)23(15-22)16-39)30(32(47)48)44(41-28)18-24(9-13-29(45)40-5)43(34(49)51-35(2,3)4)17-21-6-10-25(11-7-21)50-33(37)38/h6-8,10-12,15,20,24,33H,9,13-14,17-19H2,1-5H3,(H,40,45)(H,47,48)/t20-,24+/m1/s1. The summed E-state index contributed by atoms with van der Waals surface area (Å²) in [4.78, 5) is 55.5. The molecule has 1 aliphatic rings. The summed E-state index contributed by atoms with van der Waals surface area (Å²) in [6.07, 6.45) is -0.487. The van der Waals surface area contributed by atoms with Crippen LogP contribution in [-0.2, 0) is 35.6 Å². The van der Waals surface area contributed by atoms with Gasteiger partial charge in [0.05, 0.1) is 35.4 Å². The van der Waals surface area contributed by atoms with E-state index in [2.05, 4.69) is 15.2 Å². The summed E-state index contributed by atoms with van der Waals surface area (Å²) in [6.45, 7) is 3.49. The summed E-state index contributed by atoms with van der Waals surface area (Å²) >= 11 is 6.06. The van der Waals surface area contributed by atoms with Gasteiger partial charge in [0, 0.05) is 43.6 Å². The smallest absolute Gasteiger partial charge is 0.410 e.